The van der Waals surface area contributed by atoms with Gasteiger partial charge in [-0.25, -0.2) is 9.98 Å². The Hall–Kier alpha value is -2.34. The minimum absolute atomic E-state index is 0.108. The summed E-state index contributed by atoms with van der Waals surface area (Å²) in [6.07, 6.45) is 0. The smallest absolute Gasteiger partial charge is 0.189 e. The number of thiazole rings is 1. The zero-order valence-electron chi connectivity index (χ0n) is 13.5. The number of nitrogens with zero attached hydrogens (tertiary/aromatic N) is 2. The Morgan fingerprint density at radius 2 is 2.04 bits per heavy atom. The van der Waals surface area contributed by atoms with E-state index in [0.29, 0.717) is 12.5 Å². The molecule has 3 N–H and O–H groups in total. The molecular weight excluding hydrogens is 308 g/mol. The second-order valence-corrected chi connectivity index (χ2v) is 7.36. The number of aromatic nitrogens is 1. The molecule has 0 saturated carbocycles. The first-order chi connectivity index (χ1) is 10.9. The molecule has 2 heterocycles. The zero-order chi connectivity index (χ0) is 16.4. The fourth-order valence-electron chi connectivity index (χ4n) is 2.14. The fraction of sp³-hybridized carbons (Fsp3) is 0.294. The SMILES string of the molecule is CC(C)(C)NC(N)=NCc1ccc(-c2nc3ccccc3s2)o1. The van der Waals surface area contributed by atoms with Crippen LogP contribution in [-0.2, 0) is 6.54 Å². The summed E-state index contributed by atoms with van der Waals surface area (Å²) in [6.45, 7) is 6.51. The number of rotatable bonds is 3. The van der Waals surface area contributed by atoms with E-state index in [1.54, 1.807) is 11.3 Å². The summed E-state index contributed by atoms with van der Waals surface area (Å²) in [5.41, 5.74) is 6.74. The topological polar surface area (TPSA) is 76.4 Å². The van der Waals surface area contributed by atoms with E-state index >= 15 is 0 Å². The van der Waals surface area contributed by atoms with E-state index in [1.165, 1.54) is 0 Å². The number of fused-ring (bicyclic) bond motifs is 1. The molecule has 0 aliphatic heterocycles. The van der Waals surface area contributed by atoms with Gasteiger partial charge >= 0.3 is 0 Å². The van der Waals surface area contributed by atoms with Crippen LogP contribution in [0.25, 0.3) is 21.0 Å². The van der Waals surface area contributed by atoms with Crippen LogP contribution in [0.3, 0.4) is 0 Å². The molecule has 1 aromatic carbocycles. The Kier molecular flexibility index (Phi) is 4.09. The molecule has 0 spiro atoms. The Morgan fingerprint density at radius 1 is 1.26 bits per heavy atom. The van der Waals surface area contributed by atoms with Crippen LogP contribution in [0, 0.1) is 0 Å². The first kappa shape index (κ1) is 15.6. The highest BCUT2D eigenvalue weighted by Crippen LogP contribution is 2.31. The Morgan fingerprint density at radius 3 is 2.78 bits per heavy atom. The Balaban J connectivity index is 1.74. The van der Waals surface area contributed by atoms with E-state index in [0.717, 1.165) is 26.7 Å². The maximum absolute atomic E-state index is 5.86. The van der Waals surface area contributed by atoms with Gasteiger partial charge in [-0.2, -0.15) is 0 Å². The van der Waals surface area contributed by atoms with Gasteiger partial charge in [-0.1, -0.05) is 12.1 Å². The Labute approximate surface area is 139 Å². The molecule has 3 rings (SSSR count). The van der Waals surface area contributed by atoms with Gasteiger partial charge in [0.2, 0.25) is 0 Å². The van der Waals surface area contributed by atoms with Crippen LogP contribution in [-0.4, -0.2) is 16.5 Å². The molecule has 0 atom stereocenters. The van der Waals surface area contributed by atoms with Crippen molar-refractivity contribution in [2.75, 3.05) is 0 Å². The lowest BCUT2D eigenvalue weighted by molar-refractivity contribution is 0.502. The number of furan rings is 1. The van der Waals surface area contributed by atoms with Gasteiger partial charge in [-0.3, -0.25) is 0 Å². The molecule has 0 amide bonds. The number of aliphatic imine (C=N–C) groups is 1. The quantitative estimate of drug-likeness (QED) is 0.567. The van der Waals surface area contributed by atoms with Crippen LogP contribution in [0.2, 0.25) is 0 Å². The second-order valence-electron chi connectivity index (χ2n) is 6.33. The zero-order valence-corrected chi connectivity index (χ0v) is 14.3. The summed E-state index contributed by atoms with van der Waals surface area (Å²) in [7, 11) is 0. The van der Waals surface area contributed by atoms with Gasteiger partial charge in [0.1, 0.15) is 12.3 Å². The van der Waals surface area contributed by atoms with Gasteiger partial charge in [-0.15, -0.1) is 11.3 Å². The molecule has 0 aliphatic carbocycles. The monoisotopic (exact) mass is 328 g/mol. The number of nitrogens with two attached hydrogens (primary N) is 1. The molecule has 120 valence electrons. The average Bonchev–Trinajstić information content (AvgIpc) is 3.09. The van der Waals surface area contributed by atoms with Gasteiger partial charge < -0.3 is 15.5 Å². The predicted octanol–water partition coefficient (Wildman–Crippen LogP) is 3.76. The van der Waals surface area contributed by atoms with Gasteiger partial charge in [-0.05, 0) is 45.0 Å². The normalized spacial score (nSPS) is 12.7. The molecule has 0 bridgehead atoms. The van der Waals surface area contributed by atoms with Crippen molar-refractivity contribution in [2.24, 2.45) is 10.7 Å². The number of hydrogen-bond acceptors (Lipinski definition) is 4. The van der Waals surface area contributed by atoms with Gasteiger partial charge in [0, 0.05) is 5.54 Å². The van der Waals surface area contributed by atoms with E-state index in [1.807, 2.05) is 51.1 Å². The summed E-state index contributed by atoms with van der Waals surface area (Å²) >= 11 is 1.62. The first-order valence-electron chi connectivity index (χ1n) is 7.43. The largest absolute Gasteiger partial charge is 0.457 e. The third-order valence-corrected chi connectivity index (χ3v) is 4.13. The fourth-order valence-corrected chi connectivity index (χ4v) is 3.07. The van der Waals surface area contributed by atoms with Crippen LogP contribution >= 0.6 is 11.3 Å². The van der Waals surface area contributed by atoms with Gasteiger partial charge in [0.05, 0.1) is 10.2 Å². The van der Waals surface area contributed by atoms with E-state index in [4.69, 9.17) is 10.2 Å². The third-order valence-electron chi connectivity index (χ3n) is 3.07. The summed E-state index contributed by atoms with van der Waals surface area (Å²) in [5, 5.41) is 4.00. The molecule has 2 aromatic heterocycles. The van der Waals surface area contributed by atoms with Crippen LogP contribution in [0.4, 0.5) is 0 Å². The molecule has 3 aromatic rings. The van der Waals surface area contributed by atoms with E-state index in [-0.39, 0.29) is 5.54 Å². The van der Waals surface area contributed by atoms with Crippen LogP contribution in [0.15, 0.2) is 45.8 Å². The standard InChI is InChI=1S/C17H20N4OS/c1-17(2,3)21-16(18)19-10-11-8-9-13(22-11)15-20-12-6-4-5-7-14(12)23-15/h4-9H,10H2,1-3H3,(H3,18,19,21). The summed E-state index contributed by atoms with van der Waals surface area (Å²) in [6, 6.07) is 11.9. The van der Waals surface area contributed by atoms with Gasteiger partial charge in [0.25, 0.3) is 0 Å². The highest BCUT2D eigenvalue weighted by Gasteiger charge is 2.12. The number of guanidine groups is 1. The molecular formula is C17H20N4OS. The highest BCUT2D eigenvalue weighted by molar-refractivity contribution is 7.21. The highest BCUT2D eigenvalue weighted by atomic mass is 32.1. The van der Waals surface area contributed by atoms with Gasteiger partial charge in [0.15, 0.2) is 16.7 Å². The molecule has 0 saturated heterocycles. The first-order valence-corrected chi connectivity index (χ1v) is 8.25. The lowest BCUT2D eigenvalue weighted by atomic mass is 10.1. The van der Waals surface area contributed by atoms with Crippen molar-refractivity contribution in [1.82, 2.24) is 10.3 Å². The van der Waals surface area contributed by atoms with Crippen LogP contribution in [0.1, 0.15) is 26.5 Å². The number of nitrogens with one attached hydrogen (secondary N) is 1. The third kappa shape index (κ3) is 3.90. The van der Waals surface area contributed by atoms with Crippen molar-refractivity contribution < 1.29 is 4.42 Å². The van der Waals surface area contributed by atoms with Crippen molar-refractivity contribution in [1.29, 1.82) is 0 Å². The maximum Gasteiger partial charge on any atom is 0.189 e. The van der Waals surface area contributed by atoms with Crippen LogP contribution < -0.4 is 11.1 Å². The molecule has 0 fully saturated rings. The Bertz CT molecular complexity index is 809. The minimum atomic E-state index is -0.108. The van der Waals surface area contributed by atoms with E-state index in [9.17, 15) is 0 Å². The summed E-state index contributed by atoms with van der Waals surface area (Å²) < 4.78 is 6.99. The molecule has 5 nitrogen and oxygen atoms in total. The molecule has 0 unspecified atom stereocenters. The van der Waals surface area contributed by atoms with Crippen molar-refractivity contribution in [3.63, 3.8) is 0 Å². The van der Waals surface area contributed by atoms with E-state index < -0.39 is 0 Å². The maximum atomic E-state index is 5.86. The molecule has 0 aliphatic rings. The average molecular weight is 328 g/mol. The van der Waals surface area contributed by atoms with Crippen molar-refractivity contribution in [3.8, 4) is 10.8 Å². The minimum Gasteiger partial charge on any atom is -0.457 e. The number of para-hydroxylation sites is 1. The lowest BCUT2D eigenvalue weighted by Crippen LogP contribution is -2.44. The number of hydrogen-bond donors (Lipinski definition) is 2. The molecule has 6 heteroatoms. The van der Waals surface area contributed by atoms with E-state index in [2.05, 4.69) is 21.4 Å². The second kappa shape index (κ2) is 6.04. The van der Waals surface area contributed by atoms with Crippen molar-refractivity contribution in [3.05, 3.63) is 42.2 Å². The summed E-state index contributed by atoms with van der Waals surface area (Å²) in [4.78, 5) is 8.89. The predicted molar refractivity (Wildman–Crippen MR) is 95.5 cm³/mol. The molecule has 0 radical (unpaired) electrons. The van der Waals surface area contributed by atoms with Crippen molar-refractivity contribution >= 4 is 27.5 Å². The van der Waals surface area contributed by atoms with Crippen molar-refractivity contribution in [2.45, 2.75) is 32.9 Å². The summed E-state index contributed by atoms with van der Waals surface area (Å²) in [5.74, 6) is 1.94. The number of benzene rings is 1. The lowest BCUT2D eigenvalue weighted by Gasteiger charge is -2.20. The molecule has 23 heavy (non-hydrogen) atoms. The van der Waals surface area contributed by atoms with Crippen LogP contribution in [0.5, 0.6) is 0 Å².